The normalized spacial score (nSPS) is 10.5. The van der Waals surface area contributed by atoms with Gasteiger partial charge in [0.15, 0.2) is 6.61 Å². The highest BCUT2D eigenvalue weighted by Gasteiger charge is 2.13. The fourth-order valence-electron chi connectivity index (χ4n) is 2.80. The molecule has 0 saturated heterocycles. The largest absolute Gasteiger partial charge is 0.483 e. The lowest BCUT2D eigenvalue weighted by molar-refractivity contribution is -0.136. The molecule has 0 saturated carbocycles. The molecular formula is C25H24N4O4. The molecule has 3 aromatic carbocycles. The van der Waals surface area contributed by atoms with Crippen LogP contribution in [-0.4, -0.2) is 30.5 Å². The van der Waals surface area contributed by atoms with E-state index in [1.165, 1.54) is 6.21 Å². The standard InChI is InChI=1S/C25H24N4O4/c1-2-18-12-14-21(15-13-18)28-24(31)25(32)29-26-16-19-8-6-7-11-22(19)33-17-23(30)27-20-9-4-3-5-10-20/h3-16H,2,17H2,1H3,(H,27,30)(H,28,31)(H,29,32)/b26-16-. The minimum absolute atomic E-state index is 0.203. The fourth-order valence-corrected chi connectivity index (χ4v) is 2.80. The first-order chi connectivity index (χ1) is 16.0. The lowest BCUT2D eigenvalue weighted by Gasteiger charge is -2.09. The van der Waals surface area contributed by atoms with Gasteiger partial charge in [0.2, 0.25) is 0 Å². The predicted molar refractivity (Wildman–Crippen MR) is 127 cm³/mol. The van der Waals surface area contributed by atoms with E-state index in [0.717, 1.165) is 12.0 Å². The van der Waals surface area contributed by atoms with E-state index in [1.54, 1.807) is 48.5 Å². The molecule has 0 heterocycles. The molecular weight excluding hydrogens is 420 g/mol. The SMILES string of the molecule is CCc1ccc(NC(=O)C(=O)N/N=C\c2ccccc2OCC(=O)Nc2ccccc2)cc1. The van der Waals surface area contributed by atoms with Crippen LogP contribution in [0.3, 0.4) is 0 Å². The number of carbonyl (C=O) groups excluding carboxylic acids is 3. The summed E-state index contributed by atoms with van der Waals surface area (Å²) < 4.78 is 5.58. The third kappa shape index (κ3) is 7.32. The number of amides is 3. The number of anilines is 2. The number of hydrogen-bond acceptors (Lipinski definition) is 5. The number of hydrogen-bond donors (Lipinski definition) is 3. The van der Waals surface area contributed by atoms with Crippen LogP contribution in [0.5, 0.6) is 5.75 Å². The number of rotatable bonds is 8. The summed E-state index contributed by atoms with van der Waals surface area (Å²) >= 11 is 0. The Morgan fingerprint density at radius 1 is 0.818 bits per heavy atom. The van der Waals surface area contributed by atoms with Crippen LogP contribution in [0.15, 0.2) is 84.0 Å². The predicted octanol–water partition coefficient (Wildman–Crippen LogP) is 3.36. The number of aryl methyl sites for hydroxylation is 1. The lowest BCUT2D eigenvalue weighted by Crippen LogP contribution is -2.32. The Balaban J connectivity index is 1.51. The van der Waals surface area contributed by atoms with Crippen molar-refractivity contribution in [3.63, 3.8) is 0 Å². The van der Waals surface area contributed by atoms with Crippen LogP contribution < -0.4 is 20.8 Å². The first kappa shape index (κ1) is 23.2. The Morgan fingerprint density at radius 3 is 2.21 bits per heavy atom. The van der Waals surface area contributed by atoms with Gasteiger partial charge in [0.25, 0.3) is 5.91 Å². The van der Waals surface area contributed by atoms with E-state index >= 15 is 0 Å². The summed E-state index contributed by atoms with van der Waals surface area (Å²) in [6.45, 7) is 1.83. The van der Waals surface area contributed by atoms with E-state index in [1.807, 2.05) is 37.3 Å². The summed E-state index contributed by atoms with van der Waals surface area (Å²) in [5, 5.41) is 9.06. The number of nitrogens with one attached hydrogen (secondary N) is 3. The summed E-state index contributed by atoms with van der Waals surface area (Å²) in [7, 11) is 0. The smallest absolute Gasteiger partial charge is 0.329 e. The Labute approximate surface area is 191 Å². The zero-order chi connectivity index (χ0) is 23.5. The van der Waals surface area contributed by atoms with Crippen LogP contribution in [0.4, 0.5) is 11.4 Å². The average molecular weight is 444 g/mol. The van der Waals surface area contributed by atoms with E-state index in [9.17, 15) is 14.4 Å². The molecule has 0 aliphatic rings. The molecule has 0 radical (unpaired) electrons. The molecule has 33 heavy (non-hydrogen) atoms. The van der Waals surface area contributed by atoms with Crippen LogP contribution in [0.2, 0.25) is 0 Å². The minimum Gasteiger partial charge on any atom is -0.483 e. The molecule has 0 fully saturated rings. The maximum absolute atomic E-state index is 12.1. The van der Waals surface area contributed by atoms with Crippen LogP contribution >= 0.6 is 0 Å². The fraction of sp³-hybridized carbons (Fsp3) is 0.120. The maximum Gasteiger partial charge on any atom is 0.329 e. The number of para-hydroxylation sites is 2. The first-order valence-corrected chi connectivity index (χ1v) is 10.3. The number of hydrazone groups is 1. The molecule has 168 valence electrons. The highest BCUT2D eigenvalue weighted by atomic mass is 16.5. The molecule has 0 unspecified atom stereocenters. The molecule has 0 aromatic heterocycles. The Hall–Kier alpha value is -4.46. The Morgan fingerprint density at radius 2 is 1.48 bits per heavy atom. The van der Waals surface area contributed by atoms with Crippen LogP contribution in [0.25, 0.3) is 0 Å². The Bertz CT molecular complexity index is 1130. The molecule has 8 nitrogen and oxygen atoms in total. The van der Waals surface area contributed by atoms with E-state index in [2.05, 4.69) is 21.2 Å². The van der Waals surface area contributed by atoms with E-state index in [-0.39, 0.29) is 12.5 Å². The van der Waals surface area contributed by atoms with Crippen molar-refractivity contribution in [2.24, 2.45) is 5.10 Å². The van der Waals surface area contributed by atoms with Gasteiger partial charge in [-0.25, -0.2) is 5.43 Å². The lowest BCUT2D eigenvalue weighted by atomic mass is 10.1. The van der Waals surface area contributed by atoms with Crippen molar-refractivity contribution in [3.05, 3.63) is 90.0 Å². The van der Waals surface area contributed by atoms with Gasteiger partial charge in [-0.2, -0.15) is 5.10 Å². The summed E-state index contributed by atoms with van der Waals surface area (Å²) in [5.74, 6) is -1.66. The second kappa shape index (κ2) is 11.8. The van der Waals surface area contributed by atoms with Gasteiger partial charge in [0, 0.05) is 16.9 Å². The van der Waals surface area contributed by atoms with Gasteiger partial charge in [-0.05, 0) is 48.4 Å². The topological polar surface area (TPSA) is 109 Å². The number of nitrogens with zero attached hydrogens (tertiary/aromatic N) is 1. The minimum atomic E-state index is -0.911. The van der Waals surface area contributed by atoms with Gasteiger partial charge < -0.3 is 15.4 Å². The third-order valence-electron chi connectivity index (χ3n) is 4.53. The van der Waals surface area contributed by atoms with Crippen LogP contribution in [0, 0.1) is 0 Å². The molecule has 3 rings (SSSR count). The average Bonchev–Trinajstić information content (AvgIpc) is 2.84. The van der Waals surface area contributed by atoms with Crippen LogP contribution in [0.1, 0.15) is 18.1 Å². The van der Waals surface area contributed by atoms with Gasteiger partial charge in [-0.3, -0.25) is 14.4 Å². The second-order valence-electron chi connectivity index (χ2n) is 6.94. The van der Waals surface area contributed by atoms with Gasteiger partial charge >= 0.3 is 11.8 Å². The van der Waals surface area contributed by atoms with Crippen molar-refractivity contribution in [2.75, 3.05) is 17.2 Å². The monoisotopic (exact) mass is 444 g/mol. The van der Waals surface area contributed by atoms with Gasteiger partial charge in [0.05, 0.1) is 6.21 Å². The van der Waals surface area contributed by atoms with Crippen molar-refractivity contribution in [1.29, 1.82) is 0 Å². The molecule has 0 bridgehead atoms. The molecule has 3 N–H and O–H groups in total. The number of ether oxygens (including phenoxy) is 1. The van der Waals surface area contributed by atoms with Crippen molar-refractivity contribution in [2.45, 2.75) is 13.3 Å². The summed E-state index contributed by atoms with van der Waals surface area (Å²) in [5.41, 5.74) is 5.02. The summed E-state index contributed by atoms with van der Waals surface area (Å²) in [6.07, 6.45) is 2.22. The van der Waals surface area contributed by atoms with E-state index in [4.69, 9.17) is 4.74 Å². The highest BCUT2D eigenvalue weighted by molar-refractivity contribution is 6.39. The summed E-state index contributed by atoms with van der Waals surface area (Å²) in [4.78, 5) is 36.1. The van der Waals surface area contributed by atoms with Crippen molar-refractivity contribution >= 4 is 35.3 Å². The second-order valence-corrected chi connectivity index (χ2v) is 6.94. The molecule has 0 aliphatic heterocycles. The van der Waals surface area contributed by atoms with Crippen molar-refractivity contribution in [3.8, 4) is 5.75 Å². The maximum atomic E-state index is 12.1. The molecule has 0 aliphatic carbocycles. The summed E-state index contributed by atoms with van der Waals surface area (Å²) in [6, 6.07) is 23.1. The van der Waals surface area contributed by atoms with E-state index in [0.29, 0.717) is 22.7 Å². The van der Waals surface area contributed by atoms with Crippen LogP contribution in [-0.2, 0) is 20.8 Å². The quantitative estimate of drug-likeness (QED) is 0.281. The van der Waals surface area contributed by atoms with E-state index < -0.39 is 11.8 Å². The van der Waals surface area contributed by atoms with Gasteiger partial charge in [-0.15, -0.1) is 0 Å². The van der Waals surface area contributed by atoms with Crippen molar-refractivity contribution < 1.29 is 19.1 Å². The van der Waals surface area contributed by atoms with Gasteiger partial charge in [0.1, 0.15) is 5.75 Å². The zero-order valence-corrected chi connectivity index (χ0v) is 18.1. The zero-order valence-electron chi connectivity index (χ0n) is 18.1. The first-order valence-electron chi connectivity index (χ1n) is 10.3. The molecule has 0 atom stereocenters. The molecule has 8 heteroatoms. The Kier molecular flexibility index (Phi) is 8.30. The highest BCUT2D eigenvalue weighted by Crippen LogP contribution is 2.16. The number of carbonyl (C=O) groups is 3. The van der Waals surface area contributed by atoms with Crippen molar-refractivity contribution in [1.82, 2.24) is 5.43 Å². The third-order valence-corrected chi connectivity index (χ3v) is 4.53. The molecule has 0 spiro atoms. The van der Waals surface area contributed by atoms with Gasteiger partial charge in [-0.1, -0.05) is 49.4 Å². The molecule has 3 aromatic rings. The number of benzene rings is 3. The molecule has 3 amide bonds.